The minimum absolute atomic E-state index is 0.258. The predicted molar refractivity (Wildman–Crippen MR) is 69.9 cm³/mol. The molecular weight excluding hydrogens is 234 g/mol. The number of hydrogen-bond donors (Lipinski definition) is 1. The third-order valence-electron chi connectivity index (χ3n) is 2.37. The molecule has 0 saturated heterocycles. The Balaban J connectivity index is 2.23. The summed E-state index contributed by atoms with van der Waals surface area (Å²) in [5.74, 6) is 0. The molecule has 0 bridgehead atoms. The first-order chi connectivity index (χ1) is 8.16. The van der Waals surface area contributed by atoms with E-state index in [1.807, 2.05) is 24.3 Å². The summed E-state index contributed by atoms with van der Waals surface area (Å²) in [5.41, 5.74) is 7.07. The highest BCUT2D eigenvalue weighted by Crippen LogP contribution is 2.05. The normalized spacial score (nSPS) is 10.1. The molecule has 86 valence electrons. The van der Waals surface area contributed by atoms with Gasteiger partial charge in [0.1, 0.15) is 4.99 Å². The molecule has 0 aliphatic heterocycles. The van der Waals surface area contributed by atoms with Crippen LogP contribution < -0.4 is 11.4 Å². The van der Waals surface area contributed by atoms with Gasteiger partial charge in [-0.3, -0.25) is 4.57 Å². The second kappa shape index (κ2) is 4.88. The molecule has 1 aromatic carbocycles. The average Bonchev–Trinajstić information content (AvgIpc) is 2.33. The second-order valence-corrected chi connectivity index (χ2v) is 4.03. The van der Waals surface area contributed by atoms with E-state index in [0.29, 0.717) is 11.5 Å². The molecule has 5 heteroatoms. The van der Waals surface area contributed by atoms with E-state index in [9.17, 15) is 4.79 Å². The molecular formula is C12H11N3OS. The molecule has 0 saturated carbocycles. The van der Waals surface area contributed by atoms with Gasteiger partial charge in [-0.15, -0.1) is 0 Å². The Morgan fingerprint density at radius 1 is 1.35 bits per heavy atom. The zero-order chi connectivity index (χ0) is 12.3. The minimum Gasteiger partial charge on any atom is -0.389 e. The van der Waals surface area contributed by atoms with Gasteiger partial charge in [0.25, 0.3) is 0 Å². The standard InChI is InChI=1S/C12H11N3OS/c13-11(17)10-4-2-9(3-5-10)8-15-7-1-6-14-12(15)16/h1-7H,8H2,(H2,13,17). The molecule has 2 aromatic rings. The van der Waals surface area contributed by atoms with Crippen molar-refractivity contribution in [3.05, 3.63) is 64.3 Å². The van der Waals surface area contributed by atoms with Crippen molar-refractivity contribution in [2.75, 3.05) is 0 Å². The van der Waals surface area contributed by atoms with Gasteiger partial charge in [-0.1, -0.05) is 36.5 Å². The maximum atomic E-state index is 11.4. The van der Waals surface area contributed by atoms with Crippen LogP contribution in [0.2, 0.25) is 0 Å². The Morgan fingerprint density at radius 2 is 2.06 bits per heavy atom. The van der Waals surface area contributed by atoms with Crippen molar-refractivity contribution < 1.29 is 0 Å². The van der Waals surface area contributed by atoms with Crippen molar-refractivity contribution in [1.29, 1.82) is 0 Å². The van der Waals surface area contributed by atoms with Crippen molar-refractivity contribution in [3.8, 4) is 0 Å². The average molecular weight is 245 g/mol. The van der Waals surface area contributed by atoms with E-state index < -0.39 is 0 Å². The van der Waals surface area contributed by atoms with Crippen LogP contribution in [0.3, 0.4) is 0 Å². The maximum Gasteiger partial charge on any atom is 0.347 e. The number of rotatable bonds is 3. The fourth-order valence-corrected chi connectivity index (χ4v) is 1.61. The van der Waals surface area contributed by atoms with Crippen LogP contribution in [0.15, 0.2) is 47.5 Å². The van der Waals surface area contributed by atoms with Crippen molar-refractivity contribution in [3.63, 3.8) is 0 Å². The molecule has 1 heterocycles. The van der Waals surface area contributed by atoms with Crippen LogP contribution in [0.4, 0.5) is 0 Å². The summed E-state index contributed by atoms with van der Waals surface area (Å²) in [6.07, 6.45) is 3.19. The van der Waals surface area contributed by atoms with Gasteiger partial charge in [0.2, 0.25) is 0 Å². The minimum atomic E-state index is -0.258. The predicted octanol–water partition coefficient (Wildman–Crippen LogP) is 0.926. The summed E-state index contributed by atoms with van der Waals surface area (Å²) in [4.78, 5) is 15.5. The summed E-state index contributed by atoms with van der Waals surface area (Å²) in [6, 6.07) is 9.21. The summed E-state index contributed by atoms with van der Waals surface area (Å²) in [7, 11) is 0. The third kappa shape index (κ3) is 2.76. The van der Waals surface area contributed by atoms with E-state index >= 15 is 0 Å². The number of benzene rings is 1. The molecule has 17 heavy (non-hydrogen) atoms. The van der Waals surface area contributed by atoms with Crippen molar-refractivity contribution in [1.82, 2.24) is 9.55 Å². The lowest BCUT2D eigenvalue weighted by molar-refractivity contribution is 0.727. The highest BCUT2D eigenvalue weighted by atomic mass is 32.1. The van der Waals surface area contributed by atoms with Crippen LogP contribution in [0.1, 0.15) is 11.1 Å². The van der Waals surface area contributed by atoms with Crippen LogP contribution in [0, 0.1) is 0 Å². The molecule has 0 atom stereocenters. The molecule has 0 radical (unpaired) electrons. The van der Waals surface area contributed by atoms with E-state index in [-0.39, 0.29) is 5.69 Å². The summed E-state index contributed by atoms with van der Waals surface area (Å²) in [6.45, 7) is 0.490. The summed E-state index contributed by atoms with van der Waals surface area (Å²) in [5, 5.41) is 0. The van der Waals surface area contributed by atoms with Gasteiger partial charge in [-0.25, -0.2) is 9.78 Å². The van der Waals surface area contributed by atoms with E-state index in [4.69, 9.17) is 18.0 Å². The van der Waals surface area contributed by atoms with Crippen molar-refractivity contribution in [2.24, 2.45) is 5.73 Å². The molecule has 0 aliphatic rings. The van der Waals surface area contributed by atoms with Gasteiger partial charge in [0.15, 0.2) is 0 Å². The first kappa shape index (κ1) is 11.5. The van der Waals surface area contributed by atoms with E-state index in [2.05, 4.69) is 4.98 Å². The molecule has 4 nitrogen and oxygen atoms in total. The Labute approximate surface area is 104 Å². The molecule has 0 aliphatic carbocycles. The van der Waals surface area contributed by atoms with Gasteiger partial charge in [0, 0.05) is 18.0 Å². The second-order valence-electron chi connectivity index (χ2n) is 3.59. The molecule has 2 rings (SSSR count). The lowest BCUT2D eigenvalue weighted by Crippen LogP contribution is -2.21. The largest absolute Gasteiger partial charge is 0.389 e. The van der Waals surface area contributed by atoms with E-state index in [1.54, 1.807) is 12.3 Å². The van der Waals surface area contributed by atoms with E-state index in [1.165, 1.54) is 10.8 Å². The number of nitrogens with two attached hydrogens (primary N) is 1. The Kier molecular flexibility index (Phi) is 3.30. The fourth-order valence-electron chi connectivity index (χ4n) is 1.48. The quantitative estimate of drug-likeness (QED) is 0.817. The lowest BCUT2D eigenvalue weighted by atomic mass is 10.1. The number of nitrogens with zero attached hydrogens (tertiary/aromatic N) is 2. The Morgan fingerprint density at radius 3 is 2.65 bits per heavy atom. The Hall–Kier alpha value is -2.01. The first-order valence-electron chi connectivity index (χ1n) is 5.07. The van der Waals surface area contributed by atoms with Gasteiger partial charge in [0.05, 0.1) is 6.54 Å². The van der Waals surface area contributed by atoms with Crippen molar-refractivity contribution in [2.45, 2.75) is 6.54 Å². The smallest absolute Gasteiger partial charge is 0.347 e. The molecule has 0 spiro atoms. The Bertz CT molecular complexity index is 589. The highest BCUT2D eigenvalue weighted by molar-refractivity contribution is 7.80. The van der Waals surface area contributed by atoms with Crippen LogP contribution in [0.25, 0.3) is 0 Å². The van der Waals surface area contributed by atoms with Crippen LogP contribution in [0.5, 0.6) is 0 Å². The molecule has 2 N–H and O–H groups in total. The zero-order valence-electron chi connectivity index (χ0n) is 9.04. The highest BCUT2D eigenvalue weighted by Gasteiger charge is 1.99. The first-order valence-corrected chi connectivity index (χ1v) is 5.48. The van der Waals surface area contributed by atoms with E-state index in [0.717, 1.165) is 11.1 Å². The number of hydrogen-bond acceptors (Lipinski definition) is 3. The van der Waals surface area contributed by atoms with Crippen LogP contribution >= 0.6 is 12.2 Å². The number of aromatic nitrogens is 2. The molecule has 0 amide bonds. The SMILES string of the molecule is NC(=S)c1ccc(Cn2cccnc2=O)cc1. The van der Waals surface area contributed by atoms with Crippen molar-refractivity contribution >= 4 is 17.2 Å². The summed E-state index contributed by atoms with van der Waals surface area (Å²) < 4.78 is 1.54. The maximum absolute atomic E-state index is 11.4. The molecule has 0 unspecified atom stereocenters. The fraction of sp³-hybridized carbons (Fsp3) is 0.0833. The van der Waals surface area contributed by atoms with Gasteiger partial charge < -0.3 is 5.73 Å². The lowest BCUT2D eigenvalue weighted by Gasteiger charge is -2.05. The van der Waals surface area contributed by atoms with Gasteiger partial charge >= 0.3 is 5.69 Å². The molecule has 1 aromatic heterocycles. The van der Waals surface area contributed by atoms with Crippen LogP contribution in [-0.2, 0) is 6.54 Å². The van der Waals surface area contributed by atoms with Crippen LogP contribution in [-0.4, -0.2) is 14.5 Å². The monoisotopic (exact) mass is 245 g/mol. The number of thiocarbonyl (C=S) groups is 1. The van der Waals surface area contributed by atoms with Gasteiger partial charge in [-0.2, -0.15) is 0 Å². The third-order valence-corrected chi connectivity index (χ3v) is 2.61. The molecule has 0 fully saturated rings. The van der Waals surface area contributed by atoms with Gasteiger partial charge in [-0.05, 0) is 11.6 Å². The topological polar surface area (TPSA) is 60.9 Å². The zero-order valence-corrected chi connectivity index (χ0v) is 9.85. The summed E-state index contributed by atoms with van der Waals surface area (Å²) >= 11 is 4.87.